The SMILES string of the molecule is Cc1ccc(C(=O)OCC2OC(n3cnc4c(Nc5ccccc5)ncnc43)C(OC(=O)c3ccc(C)cc3)C2OC(=O)c2ccc(C)cc2)cc1. The topological polar surface area (TPSA) is 144 Å². The van der Waals surface area contributed by atoms with Crippen LogP contribution < -0.4 is 5.32 Å². The van der Waals surface area contributed by atoms with Crippen LogP contribution in [-0.2, 0) is 18.9 Å². The number of carbonyl (C=O) groups is 3. The molecule has 0 saturated carbocycles. The molecule has 1 N–H and O–H groups in total. The van der Waals surface area contributed by atoms with Crippen LogP contribution in [0, 0.1) is 20.8 Å². The van der Waals surface area contributed by atoms with Gasteiger partial charge >= 0.3 is 17.9 Å². The van der Waals surface area contributed by atoms with Gasteiger partial charge in [0.2, 0.25) is 0 Å². The van der Waals surface area contributed by atoms with Crippen molar-refractivity contribution >= 4 is 40.6 Å². The molecule has 0 bridgehead atoms. The van der Waals surface area contributed by atoms with Crippen LogP contribution in [0.1, 0.15) is 54.0 Å². The molecule has 1 aliphatic rings. The molecule has 4 unspecified atom stereocenters. The minimum absolute atomic E-state index is 0.283. The molecule has 1 aliphatic heterocycles. The number of carbonyl (C=O) groups excluding carboxylic acids is 3. The second kappa shape index (κ2) is 14.8. The van der Waals surface area contributed by atoms with Gasteiger partial charge < -0.3 is 24.3 Å². The van der Waals surface area contributed by atoms with Crippen LogP contribution in [0.4, 0.5) is 11.5 Å². The molecule has 0 radical (unpaired) electrons. The smallest absolute Gasteiger partial charge is 0.338 e. The van der Waals surface area contributed by atoms with Gasteiger partial charge in [0.15, 0.2) is 35.4 Å². The van der Waals surface area contributed by atoms with Crippen LogP contribution in [0.3, 0.4) is 0 Å². The lowest BCUT2D eigenvalue weighted by molar-refractivity contribution is -0.0606. The highest BCUT2D eigenvalue weighted by molar-refractivity contribution is 5.91. The lowest BCUT2D eigenvalue weighted by atomic mass is 10.1. The Bertz CT molecular complexity index is 2200. The number of aryl methyl sites for hydroxylation is 3. The Morgan fingerprint density at radius 3 is 1.79 bits per heavy atom. The van der Waals surface area contributed by atoms with Crippen molar-refractivity contribution in [3.8, 4) is 0 Å². The van der Waals surface area contributed by atoms with E-state index in [-0.39, 0.29) is 17.7 Å². The number of rotatable bonds is 10. The molecule has 1 saturated heterocycles. The summed E-state index contributed by atoms with van der Waals surface area (Å²) in [6.07, 6.45) is -1.76. The van der Waals surface area contributed by atoms with Crippen LogP contribution in [0.5, 0.6) is 0 Å². The molecule has 4 aromatic carbocycles. The molecule has 12 heteroatoms. The molecule has 4 atom stereocenters. The number of imidazole rings is 1. The number of esters is 3. The molecule has 1 fully saturated rings. The van der Waals surface area contributed by atoms with Crippen molar-refractivity contribution in [2.75, 3.05) is 11.9 Å². The first-order chi connectivity index (χ1) is 25.2. The molecule has 2 aromatic heterocycles. The van der Waals surface area contributed by atoms with E-state index in [0.717, 1.165) is 22.4 Å². The number of nitrogens with one attached hydrogen (secondary N) is 1. The summed E-state index contributed by atoms with van der Waals surface area (Å²) in [5, 5.41) is 3.26. The number of nitrogens with zero attached hydrogens (tertiary/aromatic N) is 4. The van der Waals surface area contributed by atoms with Crippen LogP contribution in [0.25, 0.3) is 11.2 Å². The molecule has 0 amide bonds. The minimum Gasteiger partial charge on any atom is -0.459 e. The van der Waals surface area contributed by atoms with Crippen LogP contribution in [0.2, 0.25) is 0 Å². The first-order valence-electron chi connectivity index (χ1n) is 16.7. The maximum Gasteiger partial charge on any atom is 0.338 e. The summed E-state index contributed by atoms with van der Waals surface area (Å²) in [5.41, 5.74) is 5.38. The molecule has 0 spiro atoms. The van der Waals surface area contributed by atoms with Gasteiger partial charge in [-0.05, 0) is 69.3 Å². The summed E-state index contributed by atoms with van der Waals surface area (Å²) in [6, 6.07) is 30.2. The number of benzene rings is 4. The second-order valence-corrected chi connectivity index (χ2v) is 12.5. The zero-order valence-electron chi connectivity index (χ0n) is 28.6. The monoisotopic (exact) mass is 697 g/mol. The van der Waals surface area contributed by atoms with Crippen molar-refractivity contribution in [2.45, 2.75) is 45.3 Å². The Morgan fingerprint density at radius 2 is 1.21 bits per heavy atom. The van der Waals surface area contributed by atoms with E-state index >= 15 is 0 Å². The second-order valence-electron chi connectivity index (χ2n) is 12.5. The van der Waals surface area contributed by atoms with E-state index in [0.29, 0.717) is 22.5 Å². The minimum atomic E-state index is -1.23. The van der Waals surface area contributed by atoms with E-state index in [4.69, 9.17) is 18.9 Å². The van der Waals surface area contributed by atoms with Gasteiger partial charge in [-0.15, -0.1) is 0 Å². The summed E-state index contributed by atoms with van der Waals surface area (Å²) >= 11 is 0. The fourth-order valence-electron chi connectivity index (χ4n) is 5.82. The van der Waals surface area contributed by atoms with Crippen LogP contribution in [-0.4, -0.2) is 62.3 Å². The van der Waals surface area contributed by atoms with Crippen molar-refractivity contribution in [1.29, 1.82) is 0 Å². The Kier molecular flexibility index (Phi) is 9.72. The normalized spacial score (nSPS) is 18.1. The number of para-hydroxylation sites is 1. The molecule has 52 heavy (non-hydrogen) atoms. The molecule has 7 rings (SSSR count). The third-order valence-corrected chi connectivity index (χ3v) is 8.68. The van der Waals surface area contributed by atoms with Gasteiger partial charge in [-0.2, -0.15) is 0 Å². The predicted molar refractivity (Wildman–Crippen MR) is 191 cm³/mol. The highest BCUT2D eigenvalue weighted by Crippen LogP contribution is 2.37. The summed E-state index contributed by atoms with van der Waals surface area (Å²) in [7, 11) is 0. The number of fused-ring (bicyclic) bond motifs is 1. The maximum absolute atomic E-state index is 13.7. The number of aromatic nitrogens is 4. The zero-order chi connectivity index (χ0) is 36.2. The van der Waals surface area contributed by atoms with E-state index in [2.05, 4.69) is 20.3 Å². The first-order valence-corrected chi connectivity index (χ1v) is 16.7. The molecular formula is C40H35N5O7. The van der Waals surface area contributed by atoms with Gasteiger partial charge in [-0.3, -0.25) is 4.57 Å². The van der Waals surface area contributed by atoms with Gasteiger partial charge in [0, 0.05) is 5.69 Å². The van der Waals surface area contributed by atoms with Crippen molar-refractivity contribution < 1.29 is 33.3 Å². The summed E-state index contributed by atoms with van der Waals surface area (Å²) in [4.78, 5) is 54.0. The highest BCUT2D eigenvalue weighted by atomic mass is 16.7. The van der Waals surface area contributed by atoms with E-state index in [1.165, 1.54) is 12.7 Å². The third-order valence-electron chi connectivity index (χ3n) is 8.68. The van der Waals surface area contributed by atoms with E-state index in [1.54, 1.807) is 77.4 Å². The Labute approximate surface area is 299 Å². The fraction of sp³-hybridized carbons (Fsp3) is 0.200. The van der Waals surface area contributed by atoms with Crippen molar-refractivity contribution in [2.24, 2.45) is 0 Å². The van der Waals surface area contributed by atoms with E-state index < -0.39 is 42.4 Å². The lowest BCUT2D eigenvalue weighted by Gasteiger charge is -2.25. The highest BCUT2D eigenvalue weighted by Gasteiger charge is 2.52. The maximum atomic E-state index is 13.7. The number of hydrogen-bond donors (Lipinski definition) is 1. The Morgan fingerprint density at radius 1 is 0.673 bits per heavy atom. The Balaban J connectivity index is 1.26. The van der Waals surface area contributed by atoms with Crippen LogP contribution >= 0.6 is 0 Å². The van der Waals surface area contributed by atoms with E-state index in [1.807, 2.05) is 51.1 Å². The fourth-order valence-corrected chi connectivity index (χ4v) is 5.82. The lowest BCUT2D eigenvalue weighted by Crippen LogP contribution is -2.41. The van der Waals surface area contributed by atoms with Gasteiger partial charge in [0.25, 0.3) is 0 Å². The number of anilines is 2. The molecule has 262 valence electrons. The molecule has 6 aromatic rings. The molecule has 0 aliphatic carbocycles. The van der Waals surface area contributed by atoms with Crippen molar-refractivity contribution in [3.05, 3.63) is 149 Å². The zero-order valence-corrected chi connectivity index (χ0v) is 28.6. The standard InChI is InChI=1S/C40H35N5O7/c1-24-9-15-27(16-10-24)38(46)49-21-31-33(51-39(47)28-17-11-25(2)12-18-28)34(52-40(48)29-19-13-26(3)14-20-29)37(50-31)45-23-43-32-35(41-22-42-36(32)45)44-30-7-5-4-6-8-30/h4-20,22-23,31,33-34,37H,21H2,1-3H3,(H,41,42,44). The van der Waals surface area contributed by atoms with Crippen LogP contribution in [0.15, 0.2) is 116 Å². The average molecular weight is 698 g/mol. The summed E-state index contributed by atoms with van der Waals surface area (Å²) < 4.78 is 26.1. The summed E-state index contributed by atoms with van der Waals surface area (Å²) in [6.45, 7) is 5.41. The first kappa shape index (κ1) is 34.1. The van der Waals surface area contributed by atoms with Crippen molar-refractivity contribution in [1.82, 2.24) is 19.5 Å². The van der Waals surface area contributed by atoms with Gasteiger partial charge in [-0.25, -0.2) is 29.3 Å². The van der Waals surface area contributed by atoms with Gasteiger partial charge in [0.05, 0.1) is 23.0 Å². The van der Waals surface area contributed by atoms with E-state index in [9.17, 15) is 14.4 Å². The van der Waals surface area contributed by atoms with Gasteiger partial charge in [-0.1, -0.05) is 71.3 Å². The predicted octanol–water partition coefficient (Wildman–Crippen LogP) is 6.70. The Hall–Kier alpha value is -6.40. The third kappa shape index (κ3) is 7.37. The molecule has 3 heterocycles. The molecular weight excluding hydrogens is 662 g/mol. The largest absolute Gasteiger partial charge is 0.459 e. The quantitative estimate of drug-likeness (QED) is 0.121. The van der Waals surface area contributed by atoms with Crippen molar-refractivity contribution in [3.63, 3.8) is 0 Å². The average Bonchev–Trinajstić information content (AvgIpc) is 3.73. The van der Waals surface area contributed by atoms with Gasteiger partial charge in [0.1, 0.15) is 19.0 Å². The summed E-state index contributed by atoms with van der Waals surface area (Å²) in [5.74, 6) is -1.50. The number of ether oxygens (including phenoxy) is 4. The number of hydrogen-bond acceptors (Lipinski definition) is 11. The molecule has 12 nitrogen and oxygen atoms in total.